The molecule has 4 heteroatoms. The molecule has 0 aliphatic carbocycles. The fraction of sp³-hybridized carbons (Fsp3) is 1.00. The summed E-state index contributed by atoms with van der Waals surface area (Å²) >= 11 is 0. The van der Waals surface area contributed by atoms with Crippen LogP contribution < -0.4 is 5.32 Å². The van der Waals surface area contributed by atoms with Crippen molar-refractivity contribution in [3.05, 3.63) is 0 Å². The molecule has 0 radical (unpaired) electrons. The first kappa shape index (κ1) is 16.8. The predicted octanol–water partition coefficient (Wildman–Crippen LogP) is 1.83. The molecule has 17 heavy (non-hydrogen) atoms. The molecule has 1 N–H and O–H groups in total. The molecule has 0 rings (SSSR count). The fourth-order valence-electron chi connectivity index (χ4n) is 1.29. The SMILES string of the molecule is CCC(C)NCC(C)OCCOCCCOC. The van der Waals surface area contributed by atoms with Crippen molar-refractivity contribution in [1.29, 1.82) is 0 Å². The second kappa shape index (κ2) is 12.3. The first-order valence-corrected chi connectivity index (χ1v) is 6.62. The van der Waals surface area contributed by atoms with Crippen LogP contribution in [0.3, 0.4) is 0 Å². The van der Waals surface area contributed by atoms with E-state index >= 15 is 0 Å². The minimum Gasteiger partial charge on any atom is -0.385 e. The number of nitrogens with one attached hydrogen (secondary N) is 1. The van der Waals surface area contributed by atoms with Crippen molar-refractivity contribution >= 4 is 0 Å². The van der Waals surface area contributed by atoms with Gasteiger partial charge in [-0.1, -0.05) is 6.92 Å². The van der Waals surface area contributed by atoms with Gasteiger partial charge in [-0.2, -0.15) is 0 Å². The Morgan fingerprint density at radius 2 is 1.82 bits per heavy atom. The molecule has 0 heterocycles. The zero-order valence-corrected chi connectivity index (χ0v) is 11.8. The van der Waals surface area contributed by atoms with Gasteiger partial charge in [-0.25, -0.2) is 0 Å². The van der Waals surface area contributed by atoms with E-state index in [4.69, 9.17) is 14.2 Å². The maximum absolute atomic E-state index is 5.62. The van der Waals surface area contributed by atoms with Crippen LogP contribution in [0.4, 0.5) is 0 Å². The second-order valence-corrected chi connectivity index (χ2v) is 4.36. The molecule has 0 saturated carbocycles. The van der Waals surface area contributed by atoms with E-state index in [1.165, 1.54) is 0 Å². The minimum atomic E-state index is 0.242. The molecular formula is C13H29NO3. The molecule has 104 valence electrons. The fourth-order valence-corrected chi connectivity index (χ4v) is 1.29. The molecule has 0 bridgehead atoms. The van der Waals surface area contributed by atoms with Gasteiger partial charge in [-0.05, 0) is 26.7 Å². The van der Waals surface area contributed by atoms with E-state index < -0.39 is 0 Å². The van der Waals surface area contributed by atoms with Crippen molar-refractivity contribution in [2.75, 3.05) is 40.1 Å². The zero-order chi connectivity index (χ0) is 12.9. The van der Waals surface area contributed by atoms with Crippen molar-refractivity contribution in [3.63, 3.8) is 0 Å². The normalized spacial score (nSPS) is 14.8. The van der Waals surface area contributed by atoms with Crippen molar-refractivity contribution < 1.29 is 14.2 Å². The highest BCUT2D eigenvalue weighted by atomic mass is 16.5. The first-order valence-electron chi connectivity index (χ1n) is 6.62. The molecule has 0 aromatic carbocycles. The van der Waals surface area contributed by atoms with Gasteiger partial charge in [0.25, 0.3) is 0 Å². The van der Waals surface area contributed by atoms with Crippen molar-refractivity contribution in [2.45, 2.75) is 45.8 Å². The number of ether oxygens (including phenoxy) is 3. The number of methoxy groups -OCH3 is 1. The number of rotatable bonds is 12. The molecular weight excluding hydrogens is 218 g/mol. The van der Waals surface area contributed by atoms with E-state index in [2.05, 4.69) is 26.1 Å². The van der Waals surface area contributed by atoms with Crippen LogP contribution in [0.1, 0.15) is 33.6 Å². The summed E-state index contributed by atoms with van der Waals surface area (Å²) in [6, 6.07) is 0.561. The molecule has 0 saturated heterocycles. The molecule has 0 aliphatic heterocycles. The lowest BCUT2D eigenvalue weighted by Gasteiger charge is -2.17. The molecule has 2 unspecified atom stereocenters. The Hall–Kier alpha value is -0.160. The molecule has 0 fully saturated rings. The Kier molecular flexibility index (Phi) is 12.2. The summed E-state index contributed by atoms with van der Waals surface area (Å²) in [7, 11) is 1.70. The summed E-state index contributed by atoms with van der Waals surface area (Å²) in [6.07, 6.45) is 2.34. The third-order valence-corrected chi connectivity index (χ3v) is 2.63. The Morgan fingerprint density at radius 1 is 1.06 bits per heavy atom. The van der Waals surface area contributed by atoms with E-state index in [0.717, 1.165) is 32.6 Å². The summed E-state index contributed by atoms with van der Waals surface area (Å²) in [5, 5.41) is 3.42. The van der Waals surface area contributed by atoms with Crippen LogP contribution in [0.25, 0.3) is 0 Å². The number of hydrogen-bond donors (Lipinski definition) is 1. The molecule has 0 spiro atoms. The van der Waals surface area contributed by atoms with Gasteiger partial charge in [0.1, 0.15) is 0 Å². The summed E-state index contributed by atoms with van der Waals surface area (Å²) in [5.74, 6) is 0. The summed E-state index contributed by atoms with van der Waals surface area (Å²) in [6.45, 7) is 10.2. The standard InChI is InChI=1S/C13H29NO3/c1-5-12(2)14-11-13(3)17-10-9-16-8-6-7-15-4/h12-14H,5-11H2,1-4H3. The van der Waals surface area contributed by atoms with Gasteiger partial charge in [-0.3, -0.25) is 0 Å². The second-order valence-electron chi connectivity index (χ2n) is 4.36. The van der Waals surface area contributed by atoms with Crippen LogP contribution >= 0.6 is 0 Å². The van der Waals surface area contributed by atoms with Crippen molar-refractivity contribution in [3.8, 4) is 0 Å². The number of hydrogen-bond acceptors (Lipinski definition) is 4. The Balaban J connectivity index is 3.19. The van der Waals surface area contributed by atoms with Crippen LogP contribution in [-0.2, 0) is 14.2 Å². The maximum atomic E-state index is 5.62. The summed E-state index contributed by atoms with van der Waals surface area (Å²) in [4.78, 5) is 0. The van der Waals surface area contributed by atoms with E-state index in [1.807, 2.05) is 0 Å². The first-order chi connectivity index (χ1) is 8.20. The predicted molar refractivity (Wildman–Crippen MR) is 70.5 cm³/mol. The quantitative estimate of drug-likeness (QED) is 0.534. The third kappa shape index (κ3) is 12.1. The van der Waals surface area contributed by atoms with Crippen LogP contribution in [0.15, 0.2) is 0 Å². The molecule has 4 nitrogen and oxygen atoms in total. The van der Waals surface area contributed by atoms with Crippen molar-refractivity contribution in [2.24, 2.45) is 0 Å². The van der Waals surface area contributed by atoms with E-state index in [0.29, 0.717) is 19.3 Å². The van der Waals surface area contributed by atoms with Gasteiger partial charge in [0.2, 0.25) is 0 Å². The van der Waals surface area contributed by atoms with Crippen LogP contribution in [-0.4, -0.2) is 52.2 Å². The monoisotopic (exact) mass is 247 g/mol. The molecule has 0 aromatic heterocycles. The van der Waals surface area contributed by atoms with Crippen LogP contribution in [0.2, 0.25) is 0 Å². The third-order valence-electron chi connectivity index (χ3n) is 2.63. The van der Waals surface area contributed by atoms with Crippen LogP contribution in [0, 0.1) is 0 Å². The van der Waals surface area contributed by atoms with E-state index in [-0.39, 0.29) is 6.10 Å². The van der Waals surface area contributed by atoms with Gasteiger partial charge >= 0.3 is 0 Å². The van der Waals surface area contributed by atoms with Crippen LogP contribution in [0.5, 0.6) is 0 Å². The zero-order valence-electron chi connectivity index (χ0n) is 11.8. The molecule has 0 aliphatic rings. The van der Waals surface area contributed by atoms with E-state index in [1.54, 1.807) is 7.11 Å². The van der Waals surface area contributed by atoms with E-state index in [9.17, 15) is 0 Å². The Labute approximate surface area is 106 Å². The summed E-state index contributed by atoms with van der Waals surface area (Å²) < 4.78 is 16.0. The van der Waals surface area contributed by atoms with Gasteiger partial charge < -0.3 is 19.5 Å². The average molecular weight is 247 g/mol. The van der Waals surface area contributed by atoms with Crippen molar-refractivity contribution in [1.82, 2.24) is 5.32 Å². The highest BCUT2D eigenvalue weighted by Gasteiger charge is 2.03. The lowest BCUT2D eigenvalue weighted by molar-refractivity contribution is 0.00811. The highest BCUT2D eigenvalue weighted by Crippen LogP contribution is 1.93. The van der Waals surface area contributed by atoms with Gasteiger partial charge in [0.15, 0.2) is 0 Å². The molecule has 0 aromatic rings. The Bertz CT molecular complexity index is 156. The average Bonchev–Trinajstić information content (AvgIpc) is 2.34. The topological polar surface area (TPSA) is 39.7 Å². The Morgan fingerprint density at radius 3 is 2.47 bits per heavy atom. The summed E-state index contributed by atoms with van der Waals surface area (Å²) in [5.41, 5.74) is 0. The lowest BCUT2D eigenvalue weighted by atomic mass is 10.2. The van der Waals surface area contributed by atoms with Gasteiger partial charge in [-0.15, -0.1) is 0 Å². The molecule has 0 amide bonds. The smallest absolute Gasteiger partial charge is 0.0704 e. The van der Waals surface area contributed by atoms with Gasteiger partial charge in [0.05, 0.1) is 19.3 Å². The maximum Gasteiger partial charge on any atom is 0.0704 e. The molecule has 2 atom stereocenters. The minimum absolute atomic E-state index is 0.242. The lowest BCUT2D eigenvalue weighted by Crippen LogP contribution is -2.33. The van der Waals surface area contributed by atoms with Gasteiger partial charge in [0, 0.05) is 32.9 Å². The highest BCUT2D eigenvalue weighted by molar-refractivity contribution is 4.61. The largest absolute Gasteiger partial charge is 0.385 e.